The summed E-state index contributed by atoms with van der Waals surface area (Å²) in [5, 5.41) is 0.479. The molecule has 148 valence electrons. The molecule has 0 amide bonds. The van der Waals surface area contributed by atoms with Gasteiger partial charge in [0.1, 0.15) is 17.6 Å². The first-order valence-electron chi connectivity index (χ1n) is 9.23. The highest BCUT2D eigenvalue weighted by Crippen LogP contribution is 2.36. The van der Waals surface area contributed by atoms with E-state index in [2.05, 4.69) is 4.40 Å². The van der Waals surface area contributed by atoms with Gasteiger partial charge < -0.3 is 4.90 Å². The largest absolute Gasteiger partial charge is 0.313 e. The van der Waals surface area contributed by atoms with E-state index in [1.54, 1.807) is 12.1 Å². The first kappa shape index (κ1) is 20.6. The van der Waals surface area contributed by atoms with E-state index in [0.29, 0.717) is 10.9 Å². The van der Waals surface area contributed by atoms with Crippen molar-refractivity contribution in [3.63, 3.8) is 0 Å². The maximum absolute atomic E-state index is 12.9. The van der Waals surface area contributed by atoms with Crippen LogP contribution >= 0.6 is 11.6 Å². The lowest BCUT2D eigenvalue weighted by Crippen LogP contribution is -2.59. The monoisotopic (exact) mass is 417 g/mol. The SMILES string of the molecule is CC(C)N=C1C(c2ccccc2)/C(=N\S(=O)(=O)c2ccc(Cl)cc2)N1C(C)C. The highest BCUT2D eigenvalue weighted by molar-refractivity contribution is 7.90. The average Bonchev–Trinajstić information content (AvgIpc) is 2.61. The standard InChI is InChI=1S/C21H24ClN3O2S/c1-14(2)23-20-19(16-8-6-5-7-9-16)21(25(20)15(3)4)24-28(26,27)18-12-10-17(22)11-13-18/h5-15,19H,1-4H3/b23-20?,24-21+. The van der Waals surface area contributed by atoms with E-state index >= 15 is 0 Å². The number of benzene rings is 2. The Labute approximate surface area is 171 Å². The molecule has 0 radical (unpaired) electrons. The molecule has 0 saturated carbocycles. The highest BCUT2D eigenvalue weighted by atomic mass is 35.5. The number of aliphatic imine (C=N–C) groups is 1. The molecule has 2 aromatic carbocycles. The van der Waals surface area contributed by atoms with E-state index in [1.807, 2.05) is 62.9 Å². The molecule has 1 aliphatic heterocycles. The van der Waals surface area contributed by atoms with Crippen molar-refractivity contribution in [3.8, 4) is 0 Å². The van der Waals surface area contributed by atoms with Crippen molar-refractivity contribution < 1.29 is 8.42 Å². The summed E-state index contributed by atoms with van der Waals surface area (Å²) in [5.74, 6) is 1.07. The second kappa shape index (κ2) is 8.05. The summed E-state index contributed by atoms with van der Waals surface area (Å²) in [6.07, 6.45) is 0. The summed E-state index contributed by atoms with van der Waals surface area (Å²) in [5.41, 5.74) is 0.976. The smallest absolute Gasteiger partial charge is 0.283 e. The van der Waals surface area contributed by atoms with Crippen LogP contribution in [0.25, 0.3) is 0 Å². The minimum Gasteiger partial charge on any atom is -0.313 e. The van der Waals surface area contributed by atoms with Crippen molar-refractivity contribution in [1.82, 2.24) is 4.90 Å². The van der Waals surface area contributed by atoms with Crippen LogP contribution in [0, 0.1) is 0 Å². The number of halogens is 1. The van der Waals surface area contributed by atoms with Gasteiger partial charge in [0.15, 0.2) is 0 Å². The third-order valence-electron chi connectivity index (χ3n) is 4.38. The van der Waals surface area contributed by atoms with Crippen LogP contribution in [0.1, 0.15) is 39.2 Å². The Morgan fingerprint density at radius 1 is 0.929 bits per heavy atom. The lowest BCUT2D eigenvalue weighted by atomic mass is 9.86. The van der Waals surface area contributed by atoms with Crippen molar-refractivity contribution >= 4 is 33.3 Å². The number of amidine groups is 2. The van der Waals surface area contributed by atoms with E-state index in [1.165, 1.54) is 12.1 Å². The predicted molar refractivity (Wildman–Crippen MR) is 115 cm³/mol. The molecule has 1 aliphatic rings. The molecule has 1 saturated heterocycles. The van der Waals surface area contributed by atoms with Crippen molar-refractivity contribution in [2.45, 2.75) is 50.6 Å². The van der Waals surface area contributed by atoms with Gasteiger partial charge in [-0.25, -0.2) is 0 Å². The van der Waals surface area contributed by atoms with Crippen molar-refractivity contribution in [2.75, 3.05) is 0 Å². The zero-order valence-electron chi connectivity index (χ0n) is 16.4. The average molecular weight is 418 g/mol. The van der Waals surface area contributed by atoms with Crippen LogP contribution in [0.2, 0.25) is 5.02 Å². The molecule has 3 rings (SSSR count). The molecule has 7 heteroatoms. The first-order chi connectivity index (χ1) is 13.2. The van der Waals surface area contributed by atoms with Gasteiger partial charge in [0.05, 0.1) is 4.90 Å². The molecule has 2 aromatic rings. The fourth-order valence-electron chi connectivity index (χ4n) is 3.20. The van der Waals surface area contributed by atoms with Gasteiger partial charge in [-0.05, 0) is 57.5 Å². The molecule has 0 aromatic heterocycles. The van der Waals surface area contributed by atoms with Crippen LogP contribution < -0.4 is 0 Å². The number of nitrogens with zero attached hydrogens (tertiary/aromatic N) is 3. The van der Waals surface area contributed by atoms with E-state index in [-0.39, 0.29) is 22.9 Å². The van der Waals surface area contributed by atoms with Crippen LogP contribution in [0.15, 0.2) is 68.9 Å². The Morgan fingerprint density at radius 2 is 1.54 bits per heavy atom. The Bertz CT molecular complexity index is 998. The lowest BCUT2D eigenvalue weighted by Gasteiger charge is -2.46. The van der Waals surface area contributed by atoms with Gasteiger partial charge in [-0.1, -0.05) is 41.9 Å². The second-order valence-corrected chi connectivity index (χ2v) is 9.31. The van der Waals surface area contributed by atoms with Crippen LogP contribution in [0.5, 0.6) is 0 Å². The first-order valence-corrected chi connectivity index (χ1v) is 11.0. The Morgan fingerprint density at radius 3 is 2.07 bits per heavy atom. The molecule has 1 fully saturated rings. The van der Waals surface area contributed by atoms with Crippen LogP contribution in [-0.4, -0.2) is 37.1 Å². The molecule has 0 bridgehead atoms. The Hall–Kier alpha value is -2.18. The molecule has 1 unspecified atom stereocenters. The zero-order valence-corrected chi connectivity index (χ0v) is 17.9. The van der Waals surface area contributed by atoms with Crippen molar-refractivity contribution in [2.24, 2.45) is 9.39 Å². The maximum atomic E-state index is 12.9. The molecule has 0 spiro atoms. The summed E-state index contributed by atoms with van der Waals surface area (Å²) in [6, 6.07) is 15.9. The number of hydrogen-bond acceptors (Lipinski definition) is 3. The molecule has 0 aliphatic carbocycles. The summed E-state index contributed by atoms with van der Waals surface area (Å²) in [6.45, 7) is 8.02. The van der Waals surface area contributed by atoms with Crippen LogP contribution in [-0.2, 0) is 10.0 Å². The minimum absolute atomic E-state index is 0.0385. The van der Waals surface area contributed by atoms with Gasteiger partial charge >= 0.3 is 0 Å². The Balaban J connectivity index is 2.12. The zero-order chi connectivity index (χ0) is 20.5. The normalized spacial score (nSPS) is 20.2. The van der Waals surface area contributed by atoms with Gasteiger partial charge in [-0.15, -0.1) is 4.40 Å². The number of rotatable bonds is 5. The summed E-state index contributed by atoms with van der Waals surface area (Å²) in [4.78, 5) is 6.78. The van der Waals surface area contributed by atoms with Crippen molar-refractivity contribution in [3.05, 3.63) is 65.2 Å². The quantitative estimate of drug-likeness (QED) is 0.705. The highest BCUT2D eigenvalue weighted by Gasteiger charge is 2.45. The molecular formula is C21H24ClN3O2S. The van der Waals surface area contributed by atoms with Gasteiger partial charge in [0.25, 0.3) is 10.0 Å². The van der Waals surface area contributed by atoms with E-state index in [4.69, 9.17) is 16.6 Å². The van der Waals surface area contributed by atoms with Gasteiger partial charge in [0.2, 0.25) is 0 Å². The maximum Gasteiger partial charge on any atom is 0.283 e. The topological polar surface area (TPSA) is 62.1 Å². The van der Waals surface area contributed by atoms with E-state index in [9.17, 15) is 8.42 Å². The molecule has 1 atom stereocenters. The van der Waals surface area contributed by atoms with Crippen LogP contribution in [0.3, 0.4) is 0 Å². The minimum atomic E-state index is -3.86. The molecule has 5 nitrogen and oxygen atoms in total. The van der Waals surface area contributed by atoms with Gasteiger partial charge in [-0.3, -0.25) is 4.99 Å². The predicted octanol–water partition coefficient (Wildman–Crippen LogP) is 4.74. The van der Waals surface area contributed by atoms with E-state index < -0.39 is 10.0 Å². The molecular weight excluding hydrogens is 394 g/mol. The summed E-state index contributed by atoms with van der Waals surface area (Å²) in [7, 11) is -3.86. The van der Waals surface area contributed by atoms with E-state index in [0.717, 1.165) is 11.4 Å². The fraction of sp³-hybridized carbons (Fsp3) is 0.333. The summed E-state index contributed by atoms with van der Waals surface area (Å²) >= 11 is 5.89. The number of likely N-dealkylation sites (tertiary alicyclic amines) is 1. The van der Waals surface area contributed by atoms with Crippen LogP contribution in [0.4, 0.5) is 0 Å². The lowest BCUT2D eigenvalue weighted by molar-refractivity contribution is 0.438. The van der Waals surface area contributed by atoms with Gasteiger partial charge in [0, 0.05) is 17.1 Å². The molecule has 1 heterocycles. The second-order valence-electron chi connectivity index (χ2n) is 7.27. The Kier molecular flexibility index (Phi) is 5.91. The molecule has 28 heavy (non-hydrogen) atoms. The summed E-state index contributed by atoms with van der Waals surface area (Å²) < 4.78 is 30.1. The van der Waals surface area contributed by atoms with Gasteiger partial charge in [-0.2, -0.15) is 8.42 Å². The third-order valence-corrected chi connectivity index (χ3v) is 5.92. The third kappa shape index (κ3) is 4.13. The number of sulfonamides is 1. The molecule has 0 N–H and O–H groups in total. The fourth-order valence-corrected chi connectivity index (χ4v) is 4.35. The number of hydrogen-bond donors (Lipinski definition) is 0. The van der Waals surface area contributed by atoms with Crippen molar-refractivity contribution in [1.29, 1.82) is 0 Å².